The van der Waals surface area contributed by atoms with Gasteiger partial charge in [-0.05, 0) is 60.9 Å². The van der Waals surface area contributed by atoms with Gasteiger partial charge >= 0.3 is 0 Å². The van der Waals surface area contributed by atoms with Crippen molar-refractivity contribution in [3.8, 4) is 0 Å². The third kappa shape index (κ3) is 3.21. The van der Waals surface area contributed by atoms with Gasteiger partial charge < -0.3 is 0 Å². The van der Waals surface area contributed by atoms with Crippen LogP contribution in [0.1, 0.15) is 16.7 Å². The van der Waals surface area contributed by atoms with Crippen LogP contribution in [-0.2, 0) is 4.79 Å². The molecule has 0 aliphatic carbocycles. The maximum atomic E-state index is 13.0. The van der Waals surface area contributed by atoms with Crippen LogP contribution in [-0.4, -0.2) is 10.2 Å². The van der Waals surface area contributed by atoms with E-state index in [1.165, 1.54) is 29.5 Å². The molecule has 0 atom stereocenters. The van der Waals surface area contributed by atoms with E-state index in [9.17, 15) is 9.18 Å². The summed E-state index contributed by atoms with van der Waals surface area (Å²) in [7, 11) is 0. The van der Waals surface area contributed by atoms with Crippen LogP contribution in [0, 0.1) is 19.7 Å². The van der Waals surface area contributed by atoms with Crippen LogP contribution in [0.4, 0.5) is 10.1 Å². The van der Waals surface area contributed by atoms with Crippen LogP contribution in [0.25, 0.3) is 6.08 Å². The molecule has 5 heteroatoms. The molecule has 23 heavy (non-hydrogen) atoms. The zero-order valence-corrected chi connectivity index (χ0v) is 14.3. The Morgan fingerprint density at radius 3 is 2.43 bits per heavy atom. The molecule has 0 bridgehead atoms. The molecule has 1 amide bonds. The van der Waals surface area contributed by atoms with Gasteiger partial charge in [0, 0.05) is 0 Å². The van der Waals surface area contributed by atoms with Crippen LogP contribution < -0.4 is 4.90 Å². The summed E-state index contributed by atoms with van der Waals surface area (Å²) in [5, 5.41) is 0. The number of halogens is 1. The molecule has 2 aromatic carbocycles. The number of thiocarbonyl (C=S) groups is 1. The van der Waals surface area contributed by atoms with E-state index in [4.69, 9.17) is 12.2 Å². The van der Waals surface area contributed by atoms with Gasteiger partial charge in [-0.2, -0.15) is 0 Å². The van der Waals surface area contributed by atoms with Crippen molar-refractivity contribution in [1.82, 2.24) is 0 Å². The number of carbonyl (C=O) groups is 1. The van der Waals surface area contributed by atoms with Crippen LogP contribution in [0.15, 0.2) is 47.4 Å². The summed E-state index contributed by atoms with van der Waals surface area (Å²) in [4.78, 5) is 14.7. The Balaban J connectivity index is 1.93. The summed E-state index contributed by atoms with van der Waals surface area (Å²) < 4.78 is 13.5. The van der Waals surface area contributed by atoms with Gasteiger partial charge in [0.05, 0.1) is 10.6 Å². The Morgan fingerprint density at radius 1 is 1.09 bits per heavy atom. The lowest BCUT2D eigenvalue weighted by atomic mass is 10.1. The van der Waals surface area contributed by atoms with Crippen molar-refractivity contribution in [3.63, 3.8) is 0 Å². The molecule has 0 N–H and O–H groups in total. The van der Waals surface area contributed by atoms with Crippen molar-refractivity contribution in [3.05, 3.63) is 69.9 Å². The maximum Gasteiger partial charge on any atom is 0.270 e. The molecular weight excluding hydrogens is 329 g/mol. The summed E-state index contributed by atoms with van der Waals surface area (Å²) in [5.41, 5.74) is 3.82. The fraction of sp³-hybridized carbons (Fsp3) is 0.111. The van der Waals surface area contributed by atoms with Crippen molar-refractivity contribution >= 4 is 46.0 Å². The first-order valence-electron chi connectivity index (χ1n) is 7.06. The number of anilines is 1. The number of carbonyl (C=O) groups excluding carboxylic acids is 1. The van der Waals surface area contributed by atoms with Gasteiger partial charge in [-0.3, -0.25) is 9.69 Å². The van der Waals surface area contributed by atoms with Gasteiger partial charge in [0.15, 0.2) is 4.32 Å². The first-order valence-corrected chi connectivity index (χ1v) is 8.29. The first kappa shape index (κ1) is 15.9. The molecule has 0 saturated carbocycles. The first-order chi connectivity index (χ1) is 11.0. The predicted molar refractivity (Wildman–Crippen MR) is 98.0 cm³/mol. The largest absolute Gasteiger partial charge is 0.270 e. The highest BCUT2D eigenvalue weighted by Gasteiger charge is 2.33. The molecule has 116 valence electrons. The van der Waals surface area contributed by atoms with Crippen LogP contribution in [0.2, 0.25) is 0 Å². The smallest absolute Gasteiger partial charge is 0.268 e. The van der Waals surface area contributed by atoms with Gasteiger partial charge in [0.25, 0.3) is 5.91 Å². The second-order valence-corrected chi connectivity index (χ2v) is 7.01. The van der Waals surface area contributed by atoms with Gasteiger partial charge in [0.1, 0.15) is 5.82 Å². The van der Waals surface area contributed by atoms with Gasteiger partial charge in [-0.1, -0.05) is 42.2 Å². The fourth-order valence-corrected chi connectivity index (χ4v) is 3.56. The quantitative estimate of drug-likeness (QED) is 0.574. The molecule has 1 aliphatic heterocycles. The number of benzene rings is 2. The minimum atomic E-state index is -0.301. The molecule has 1 heterocycles. The number of hydrogen-bond donors (Lipinski definition) is 0. The number of rotatable bonds is 2. The van der Waals surface area contributed by atoms with Crippen LogP contribution >= 0.6 is 24.0 Å². The Kier molecular flexibility index (Phi) is 4.33. The Hall–Kier alpha value is -1.98. The lowest BCUT2D eigenvalue weighted by Crippen LogP contribution is -2.27. The Bertz CT molecular complexity index is 827. The number of hydrogen-bond acceptors (Lipinski definition) is 3. The standard InChI is InChI=1S/C18H14FNOS2/c1-11-3-8-15(9-12(11)2)20-17(21)16(23-18(20)22)10-13-4-6-14(19)7-5-13/h3-10H,1-2H3/b16-10-. The van der Waals surface area contributed by atoms with E-state index in [1.807, 2.05) is 32.0 Å². The molecule has 1 saturated heterocycles. The average Bonchev–Trinajstić information content (AvgIpc) is 2.79. The van der Waals surface area contributed by atoms with Crippen molar-refractivity contribution in [1.29, 1.82) is 0 Å². The van der Waals surface area contributed by atoms with Crippen molar-refractivity contribution < 1.29 is 9.18 Å². The molecule has 3 rings (SSSR count). The second kappa shape index (κ2) is 6.26. The monoisotopic (exact) mass is 343 g/mol. The van der Waals surface area contributed by atoms with E-state index < -0.39 is 0 Å². The highest BCUT2D eigenvalue weighted by Crippen LogP contribution is 2.36. The lowest BCUT2D eigenvalue weighted by Gasteiger charge is -2.15. The summed E-state index contributed by atoms with van der Waals surface area (Å²) in [6, 6.07) is 11.9. The zero-order chi connectivity index (χ0) is 16.6. The molecule has 2 nitrogen and oxygen atoms in total. The third-order valence-electron chi connectivity index (χ3n) is 3.71. The summed E-state index contributed by atoms with van der Waals surface area (Å²) >= 11 is 6.62. The number of aryl methyl sites for hydroxylation is 2. The minimum Gasteiger partial charge on any atom is -0.268 e. The average molecular weight is 343 g/mol. The van der Waals surface area contributed by atoms with Crippen molar-refractivity contribution in [2.24, 2.45) is 0 Å². The second-order valence-electron chi connectivity index (χ2n) is 5.34. The van der Waals surface area contributed by atoms with Crippen LogP contribution in [0.5, 0.6) is 0 Å². The maximum absolute atomic E-state index is 13.0. The fourth-order valence-electron chi connectivity index (χ4n) is 2.27. The molecule has 0 aromatic heterocycles. The summed E-state index contributed by atoms with van der Waals surface area (Å²) in [6.07, 6.45) is 1.74. The van der Waals surface area contributed by atoms with Gasteiger partial charge in [-0.25, -0.2) is 4.39 Å². The SMILES string of the molecule is Cc1ccc(N2C(=O)/C(=C/c3ccc(F)cc3)SC2=S)cc1C. The molecule has 1 fully saturated rings. The topological polar surface area (TPSA) is 20.3 Å². The minimum absolute atomic E-state index is 0.146. The predicted octanol–water partition coefficient (Wildman–Crippen LogP) is 4.85. The van der Waals surface area contributed by atoms with Crippen molar-refractivity contribution in [2.75, 3.05) is 4.90 Å². The van der Waals surface area contributed by atoms with Crippen LogP contribution in [0.3, 0.4) is 0 Å². The molecule has 0 spiro atoms. The highest BCUT2D eigenvalue weighted by atomic mass is 32.2. The van der Waals surface area contributed by atoms with Gasteiger partial charge in [-0.15, -0.1) is 0 Å². The highest BCUT2D eigenvalue weighted by molar-refractivity contribution is 8.27. The summed E-state index contributed by atoms with van der Waals surface area (Å²) in [6.45, 7) is 4.03. The molecule has 1 aliphatic rings. The zero-order valence-electron chi connectivity index (χ0n) is 12.7. The van der Waals surface area contributed by atoms with Gasteiger partial charge in [0.2, 0.25) is 0 Å². The van der Waals surface area contributed by atoms with E-state index in [0.29, 0.717) is 9.23 Å². The molecular formula is C18H14FNOS2. The van der Waals surface area contributed by atoms with E-state index in [0.717, 1.165) is 16.8 Å². The van der Waals surface area contributed by atoms with E-state index in [1.54, 1.807) is 23.1 Å². The van der Waals surface area contributed by atoms with E-state index >= 15 is 0 Å². The molecule has 2 aromatic rings. The van der Waals surface area contributed by atoms with Crippen molar-refractivity contribution in [2.45, 2.75) is 13.8 Å². The van der Waals surface area contributed by atoms with E-state index in [2.05, 4.69) is 0 Å². The third-order valence-corrected chi connectivity index (χ3v) is 5.01. The number of amides is 1. The summed E-state index contributed by atoms with van der Waals surface area (Å²) in [5.74, 6) is -0.447. The van der Waals surface area contributed by atoms with E-state index in [-0.39, 0.29) is 11.7 Å². The number of nitrogens with zero attached hydrogens (tertiary/aromatic N) is 1. The molecule has 0 unspecified atom stereocenters. The Labute approximate surface area is 144 Å². The number of thioether (sulfide) groups is 1. The molecule has 0 radical (unpaired) electrons. The normalized spacial score (nSPS) is 16.5. The Morgan fingerprint density at radius 2 is 1.78 bits per heavy atom. The lowest BCUT2D eigenvalue weighted by molar-refractivity contribution is -0.113.